The molecule has 4 nitrogen and oxygen atoms in total. The maximum absolute atomic E-state index is 12.6. The molecule has 4 aliphatic carbocycles. The largest absolute Gasteiger partial charge is 0.392 e. The number of nitrogens with zero attached hydrogens (tertiary/aromatic N) is 1. The zero-order valence-electron chi connectivity index (χ0n) is 16.1. The van der Waals surface area contributed by atoms with Crippen molar-refractivity contribution in [3.63, 3.8) is 0 Å². The molecule has 6 atom stereocenters. The van der Waals surface area contributed by atoms with Crippen molar-refractivity contribution in [3.8, 4) is 0 Å². The molecule has 0 saturated heterocycles. The van der Waals surface area contributed by atoms with E-state index < -0.39 is 0 Å². The second kappa shape index (κ2) is 6.31. The van der Waals surface area contributed by atoms with Crippen molar-refractivity contribution in [2.75, 3.05) is 6.61 Å². The fraction of sp³-hybridized carbons (Fsp3) is 0.773. The average molecular weight is 357 g/mol. The van der Waals surface area contributed by atoms with Crippen LogP contribution < -0.4 is 0 Å². The third-order valence-electron chi connectivity index (χ3n) is 8.38. The highest BCUT2D eigenvalue weighted by molar-refractivity contribution is 5.94. The number of Topliss-reactive ketones (excluding diaryl/α,β-unsaturated/α-hetero) is 2. The molecule has 0 spiro atoms. The Kier molecular flexibility index (Phi) is 4.36. The number of carbonyl (C=O) groups is 2. The SMILES string of the molecule is C=CCON=C1C[C@@H]2[C@H](CC[C@]3(C)C(=O)CC[C@@H]23)[C@@]2(C)CCC(=O)CC12. The van der Waals surface area contributed by atoms with Crippen LogP contribution in [0.4, 0.5) is 0 Å². The van der Waals surface area contributed by atoms with E-state index in [0.29, 0.717) is 48.8 Å². The smallest absolute Gasteiger partial charge is 0.139 e. The van der Waals surface area contributed by atoms with Crippen molar-refractivity contribution in [1.29, 1.82) is 0 Å². The summed E-state index contributed by atoms with van der Waals surface area (Å²) in [4.78, 5) is 30.3. The quantitative estimate of drug-likeness (QED) is 0.429. The van der Waals surface area contributed by atoms with Gasteiger partial charge in [0.1, 0.15) is 18.2 Å². The Hall–Kier alpha value is -1.45. The van der Waals surface area contributed by atoms with Gasteiger partial charge in [-0.3, -0.25) is 9.59 Å². The fourth-order valence-corrected chi connectivity index (χ4v) is 6.91. The summed E-state index contributed by atoms with van der Waals surface area (Å²) >= 11 is 0. The molecule has 0 amide bonds. The molecule has 4 heteroatoms. The zero-order valence-corrected chi connectivity index (χ0v) is 16.1. The third-order valence-corrected chi connectivity index (χ3v) is 8.38. The molecule has 0 radical (unpaired) electrons. The van der Waals surface area contributed by atoms with Gasteiger partial charge in [0.05, 0.1) is 5.71 Å². The monoisotopic (exact) mass is 357 g/mol. The number of ketones is 2. The summed E-state index contributed by atoms with van der Waals surface area (Å²) in [5.74, 6) is 2.60. The molecule has 0 bridgehead atoms. The van der Waals surface area contributed by atoms with E-state index in [2.05, 4.69) is 25.6 Å². The predicted octanol–water partition coefficient (Wildman–Crippen LogP) is 4.34. The number of oxime groups is 1. The van der Waals surface area contributed by atoms with Gasteiger partial charge >= 0.3 is 0 Å². The number of hydrogen-bond donors (Lipinski definition) is 0. The van der Waals surface area contributed by atoms with Crippen LogP contribution in [-0.4, -0.2) is 23.9 Å². The zero-order chi connectivity index (χ0) is 18.5. The van der Waals surface area contributed by atoms with Gasteiger partial charge in [0.2, 0.25) is 0 Å². The summed E-state index contributed by atoms with van der Waals surface area (Å²) in [5, 5.41) is 4.49. The fourth-order valence-electron chi connectivity index (χ4n) is 6.91. The Labute approximate surface area is 156 Å². The molecule has 142 valence electrons. The van der Waals surface area contributed by atoms with Crippen LogP contribution in [0.25, 0.3) is 0 Å². The van der Waals surface area contributed by atoms with Gasteiger partial charge in [-0.15, -0.1) is 0 Å². The van der Waals surface area contributed by atoms with Crippen LogP contribution in [0.15, 0.2) is 17.8 Å². The Bertz CT molecular complexity index is 668. The number of hydrogen-bond acceptors (Lipinski definition) is 4. The first-order valence-electron chi connectivity index (χ1n) is 10.2. The van der Waals surface area contributed by atoms with Crippen LogP contribution in [0, 0.1) is 34.5 Å². The second-order valence-corrected chi connectivity index (χ2v) is 9.47. The summed E-state index contributed by atoms with van der Waals surface area (Å²) in [5.41, 5.74) is 1.04. The molecule has 0 N–H and O–H groups in total. The summed E-state index contributed by atoms with van der Waals surface area (Å²) < 4.78 is 0. The number of carbonyl (C=O) groups excluding carboxylic acids is 2. The molecule has 26 heavy (non-hydrogen) atoms. The molecule has 0 aromatic rings. The standard InChI is InChI=1S/C22H31NO3/c1-4-11-26-23-19-13-15-16-5-6-20(25)22(16,3)10-8-17(15)21(2)9-7-14(24)12-18(19)21/h4,15-18H,1,5-13H2,2-3H3/t15-,16-,17-,18?,21+,22-/m0/s1. The average Bonchev–Trinajstić information content (AvgIpc) is 2.92. The van der Waals surface area contributed by atoms with Crippen LogP contribution in [0.3, 0.4) is 0 Å². The summed E-state index contributed by atoms with van der Waals surface area (Å²) in [6.07, 6.45) is 8.75. The Morgan fingerprint density at radius 1 is 1.15 bits per heavy atom. The van der Waals surface area contributed by atoms with Crippen LogP contribution in [0.2, 0.25) is 0 Å². The summed E-state index contributed by atoms with van der Waals surface area (Å²) in [7, 11) is 0. The molecular weight excluding hydrogens is 326 g/mol. The van der Waals surface area contributed by atoms with Gasteiger partial charge in [-0.25, -0.2) is 0 Å². The molecule has 0 aromatic heterocycles. The Morgan fingerprint density at radius 3 is 2.73 bits per heavy atom. The van der Waals surface area contributed by atoms with E-state index in [4.69, 9.17) is 4.84 Å². The highest BCUT2D eigenvalue weighted by atomic mass is 16.6. The molecular formula is C22H31NO3. The highest BCUT2D eigenvalue weighted by Crippen LogP contribution is 2.64. The van der Waals surface area contributed by atoms with Crippen molar-refractivity contribution in [3.05, 3.63) is 12.7 Å². The van der Waals surface area contributed by atoms with Gasteiger partial charge in [0.25, 0.3) is 0 Å². The lowest BCUT2D eigenvalue weighted by Gasteiger charge is -2.59. The van der Waals surface area contributed by atoms with E-state index in [1.807, 2.05) is 0 Å². The topological polar surface area (TPSA) is 55.7 Å². The first-order chi connectivity index (χ1) is 12.4. The minimum atomic E-state index is -0.137. The van der Waals surface area contributed by atoms with E-state index in [1.165, 1.54) is 0 Å². The first kappa shape index (κ1) is 17.9. The molecule has 4 rings (SSSR count). The second-order valence-electron chi connectivity index (χ2n) is 9.47. The van der Waals surface area contributed by atoms with Gasteiger partial charge in [-0.2, -0.15) is 0 Å². The maximum atomic E-state index is 12.6. The molecule has 4 fully saturated rings. The minimum absolute atomic E-state index is 0.111. The van der Waals surface area contributed by atoms with Crippen LogP contribution in [0.1, 0.15) is 65.2 Å². The van der Waals surface area contributed by atoms with E-state index in [1.54, 1.807) is 6.08 Å². The van der Waals surface area contributed by atoms with Crippen LogP contribution >= 0.6 is 0 Å². The van der Waals surface area contributed by atoms with Crippen molar-refractivity contribution >= 4 is 17.3 Å². The summed E-state index contributed by atoms with van der Waals surface area (Å²) in [6.45, 7) is 8.67. The van der Waals surface area contributed by atoms with E-state index >= 15 is 0 Å². The molecule has 0 aromatic carbocycles. The van der Waals surface area contributed by atoms with Gasteiger partial charge in [0.15, 0.2) is 0 Å². The lowest BCUT2D eigenvalue weighted by molar-refractivity contribution is -0.136. The lowest BCUT2D eigenvalue weighted by Crippen LogP contribution is -2.56. The van der Waals surface area contributed by atoms with Gasteiger partial charge in [-0.05, 0) is 55.3 Å². The lowest BCUT2D eigenvalue weighted by atomic mass is 9.45. The Morgan fingerprint density at radius 2 is 1.96 bits per heavy atom. The number of rotatable bonds is 3. The van der Waals surface area contributed by atoms with Crippen molar-refractivity contribution in [2.45, 2.75) is 65.2 Å². The van der Waals surface area contributed by atoms with Crippen molar-refractivity contribution in [1.82, 2.24) is 0 Å². The van der Waals surface area contributed by atoms with Crippen LogP contribution in [0.5, 0.6) is 0 Å². The third kappa shape index (κ3) is 2.51. The van der Waals surface area contributed by atoms with E-state index in [9.17, 15) is 9.59 Å². The number of fused-ring (bicyclic) bond motifs is 5. The highest BCUT2D eigenvalue weighted by Gasteiger charge is 2.61. The molecule has 1 unspecified atom stereocenters. The van der Waals surface area contributed by atoms with Gasteiger partial charge in [0, 0.05) is 30.6 Å². The normalized spacial score (nSPS) is 46.5. The van der Waals surface area contributed by atoms with Crippen molar-refractivity contribution < 1.29 is 14.4 Å². The molecule has 4 aliphatic rings. The molecule has 4 saturated carbocycles. The molecule has 0 heterocycles. The van der Waals surface area contributed by atoms with E-state index in [-0.39, 0.29) is 16.7 Å². The Balaban J connectivity index is 1.70. The first-order valence-corrected chi connectivity index (χ1v) is 10.2. The van der Waals surface area contributed by atoms with E-state index in [0.717, 1.165) is 44.2 Å². The minimum Gasteiger partial charge on any atom is -0.392 e. The van der Waals surface area contributed by atoms with Gasteiger partial charge < -0.3 is 4.84 Å². The maximum Gasteiger partial charge on any atom is 0.139 e. The van der Waals surface area contributed by atoms with Crippen molar-refractivity contribution in [2.24, 2.45) is 39.7 Å². The molecule has 0 aliphatic heterocycles. The van der Waals surface area contributed by atoms with Crippen LogP contribution in [-0.2, 0) is 14.4 Å². The van der Waals surface area contributed by atoms with Gasteiger partial charge in [-0.1, -0.05) is 31.7 Å². The summed E-state index contributed by atoms with van der Waals surface area (Å²) in [6, 6.07) is 0. The predicted molar refractivity (Wildman–Crippen MR) is 101 cm³/mol.